The number of hydrogen-bond donors (Lipinski definition) is 2. The first-order chi connectivity index (χ1) is 9.63. The summed E-state index contributed by atoms with van der Waals surface area (Å²) in [6.07, 6.45) is 4.42. The van der Waals surface area contributed by atoms with Crippen LogP contribution in [0, 0.1) is 6.92 Å². The van der Waals surface area contributed by atoms with E-state index in [0.29, 0.717) is 12.6 Å². The van der Waals surface area contributed by atoms with Crippen molar-refractivity contribution in [1.29, 1.82) is 0 Å². The highest BCUT2D eigenvalue weighted by atomic mass is 16.4. The molecule has 1 saturated carbocycles. The van der Waals surface area contributed by atoms with E-state index < -0.39 is 12.0 Å². The van der Waals surface area contributed by atoms with Crippen LogP contribution in [0.5, 0.6) is 0 Å². The van der Waals surface area contributed by atoms with Crippen molar-refractivity contribution in [3.8, 4) is 0 Å². The Bertz CT molecular complexity index is 511. The number of carboxylic acids is 1. The maximum absolute atomic E-state index is 11.4. The van der Waals surface area contributed by atoms with E-state index >= 15 is 0 Å². The number of benzene rings is 1. The highest BCUT2D eigenvalue weighted by Gasteiger charge is 2.30. The van der Waals surface area contributed by atoms with E-state index in [1.807, 2.05) is 0 Å². The molecule has 1 unspecified atom stereocenters. The van der Waals surface area contributed by atoms with Crippen molar-refractivity contribution in [3.05, 3.63) is 29.3 Å². The number of hydrogen-bond acceptors (Lipinski definition) is 3. The second kappa shape index (κ2) is 5.44. The van der Waals surface area contributed by atoms with Gasteiger partial charge in [-0.25, -0.2) is 0 Å². The van der Waals surface area contributed by atoms with E-state index in [2.05, 4.69) is 35.3 Å². The van der Waals surface area contributed by atoms with Crippen molar-refractivity contribution in [3.63, 3.8) is 0 Å². The fraction of sp³-hybridized carbons (Fsp3) is 0.562. The minimum Gasteiger partial charge on any atom is -0.480 e. The maximum atomic E-state index is 11.4. The van der Waals surface area contributed by atoms with Crippen molar-refractivity contribution in [2.24, 2.45) is 0 Å². The quantitative estimate of drug-likeness (QED) is 0.862. The number of carbonyl (C=O) groups is 1. The predicted octanol–water partition coefficient (Wildman–Crippen LogP) is 1.95. The van der Waals surface area contributed by atoms with E-state index in [4.69, 9.17) is 0 Å². The maximum Gasteiger partial charge on any atom is 0.322 e. The molecule has 1 aromatic rings. The van der Waals surface area contributed by atoms with Crippen molar-refractivity contribution in [2.75, 3.05) is 18.0 Å². The third-order valence-electron chi connectivity index (χ3n) is 4.17. The van der Waals surface area contributed by atoms with Gasteiger partial charge < -0.3 is 15.3 Å². The third kappa shape index (κ3) is 2.96. The second-order valence-corrected chi connectivity index (χ2v) is 6.01. The molecule has 0 radical (unpaired) electrons. The molecule has 4 heteroatoms. The number of carboxylic acid groups (broad SMARTS) is 1. The first-order valence-corrected chi connectivity index (χ1v) is 7.47. The van der Waals surface area contributed by atoms with Gasteiger partial charge in [-0.05, 0) is 44.2 Å². The Morgan fingerprint density at radius 1 is 1.50 bits per heavy atom. The van der Waals surface area contributed by atoms with Gasteiger partial charge in [0.2, 0.25) is 0 Å². The summed E-state index contributed by atoms with van der Waals surface area (Å²) in [7, 11) is 0. The molecule has 1 aromatic carbocycles. The highest BCUT2D eigenvalue weighted by Crippen LogP contribution is 2.28. The first kappa shape index (κ1) is 13.4. The minimum atomic E-state index is -0.740. The van der Waals surface area contributed by atoms with Crippen LogP contribution in [0.2, 0.25) is 0 Å². The summed E-state index contributed by atoms with van der Waals surface area (Å²) < 4.78 is 0. The van der Waals surface area contributed by atoms with Crippen LogP contribution in [0.1, 0.15) is 30.4 Å². The molecule has 0 bridgehead atoms. The molecular formula is C16H22N2O2. The lowest BCUT2D eigenvalue weighted by Gasteiger charge is -2.33. The Kier molecular flexibility index (Phi) is 3.66. The molecule has 1 aliphatic carbocycles. The molecule has 0 aromatic heterocycles. The SMILES string of the molecule is Cc1ccc2c(c1)CCCN2CC(NC1CC1)C(=O)O. The number of aryl methyl sites for hydroxylation is 2. The van der Waals surface area contributed by atoms with E-state index in [1.54, 1.807) is 0 Å². The molecule has 108 valence electrons. The normalized spacial score (nSPS) is 19.6. The molecule has 0 saturated heterocycles. The fourth-order valence-corrected chi connectivity index (χ4v) is 2.95. The van der Waals surface area contributed by atoms with Crippen LogP contribution in [0.4, 0.5) is 5.69 Å². The predicted molar refractivity (Wildman–Crippen MR) is 79.3 cm³/mol. The molecular weight excluding hydrogens is 252 g/mol. The summed E-state index contributed by atoms with van der Waals surface area (Å²) in [5.74, 6) is -0.740. The van der Waals surface area contributed by atoms with Crippen LogP contribution in [0.15, 0.2) is 18.2 Å². The molecule has 4 nitrogen and oxygen atoms in total. The third-order valence-corrected chi connectivity index (χ3v) is 4.17. The van der Waals surface area contributed by atoms with Gasteiger partial charge in [-0.2, -0.15) is 0 Å². The number of anilines is 1. The van der Waals surface area contributed by atoms with Crippen LogP contribution in [-0.2, 0) is 11.2 Å². The van der Waals surface area contributed by atoms with Gasteiger partial charge in [0, 0.05) is 24.8 Å². The lowest BCUT2D eigenvalue weighted by molar-refractivity contribution is -0.139. The van der Waals surface area contributed by atoms with E-state index in [-0.39, 0.29) is 0 Å². The Morgan fingerprint density at radius 2 is 2.30 bits per heavy atom. The smallest absolute Gasteiger partial charge is 0.322 e. The zero-order valence-corrected chi connectivity index (χ0v) is 11.9. The molecule has 1 heterocycles. The molecule has 1 fully saturated rings. The van der Waals surface area contributed by atoms with Crippen LogP contribution >= 0.6 is 0 Å². The monoisotopic (exact) mass is 274 g/mol. The van der Waals surface area contributed by atoms with Crippen molar-refractivity contribution >= 4 is 11.7 Å². The van der Waals surface area contributed by atoms with Gasteiger partial charge in [-0.3, -0.25) is 4.79 Å². The van der Waals surface area contributed by atoms with Gasteiger partial charge in [0.15, 0.2) is 0 Å². The molecule has 20 heavy (non-hydrogen) atoms. The van der Waals surface area contributed by atoms with Gasteiger partial charge in [-0.15, -0.1) is 0 Å². The molecule has 1 aliphatic heterocycles. The first-order valence-electron chi connectivity index (χ1n) is 7.47. The van der Waals surface area contributed by atoms with Gasteiger partial charge in [0.25, 0.3) is 0 Å². The van der Waals surface area contributed by atoms with Crippen LogP contribution in [-0.4, -0.2) is 36.2 Å². The Balaban J connectivity index is 1.75. The van der Waals surface area contributed by atoms with Crippen LogP contribution in [0.3, 0.4) is 0 Å². The van der Waals surface area contributed by atoms with Crippen molar-refractivity contribution in [1.82, 2.24) is 5.32 Å². The lowest BCUT2D eigenvalue weighted by atomic mass is 9.99. The second-order valence-electron chi connectivity index (χ2n) is 6.01. The summed E-state index contributed by atoms with van der Waals surface area (Å²) in [6.45, 7) is 3.61. The summed E-state index contributed by atoms with van der Waals surface area (Å²) in [6, 6.07) is 6.43. The summed E-state index contributed by atoms with van der Waals surface area (Å²) >= 11 is 0. The zero-order chi connectivity index (χ0) is 14.1. The molecule has 1 atom stereocenters. The summed E-state index contributed by atoms with van der Waals surface area (Å²) in [5.41, 5.74) is 3.84. The van der Waals surface area contributed by atoms with E-state index in [0.717, 1.165) is 32.2 Å². The van der Waals surface area contributed by atoms with Crippen molar-refractivity contribution < 1.29 is 9.90 Å². The molecule has 2 N–H and O–H groups in total. The zero-order valence-electron chi connectivity index (χ0n) is 11.9. The van der Waals surface area contributed by atoms with E-state index in [1.165, 1.54) is 16.8 Å². The fourth-order valence-electron chi connectivity index (χ4n) is 2.95. The van der Waals surface area contributed by atoms with Gasteiger partial charge in [-0.1, -0.05) is 17.7 Å². The molecule has 2 aliphatic rings. The standard InChI is InChI=1S/C16H22N2O2/c1-11-4-7-15-12(9-11)3-2-8-18(15)10-14(16(19)20)17-13-5-6-13/h4,7,9,13-14,17H,2-3,5-6,8,10H2,1H3,(H,19,20). The van der Waals surface area contributed by atoms with Crippen LogP contribution in [0.25, 0.3) is 0 Å². The number of fused-ring (bicyclic) bond motifs is 1. The van der Waals surface area contributed by atoms with Gasteiger partial charge >= 0.3 is 5.97 Å². The van der Waals surface area contributed by atoms with Crippen LogP contribution < -0.4 is 10.2 Å². The number of aliphatic carboxylic acids is 1. The van der Waals surface area contributed by atoms with Crippen molar-refractivity contribution in [2.45, 2.75) is 44.7 Å². The van der Waals surface area contributed by atoms with E-state index in [9.17, 15) is 9.90 Å². The number of nitrogens with zero attached hydrogens (tertiary/aromatic N) is 1. The Labute approximate surface area is 119 Å². The Hall–Kier alpha value is -1.55. The largest absolute Gasteiger partial charge is 0.480 e. The highest BCUT2D eigenvalue weighted by molar-refractivity contribution is 5.75. The molecule has 3 rings (SSSR count). The molecule has 0 spiro atoms. The molecule has 0 amide bonds. The Morgan fingerprint density at radius 3 is 3.00 bits per heavy atom. The average Bonchev–Trinajstić information content (AvgIpc) is 3.21. The average molecular weight is 274 g/mol. The number of nitrogens with one attached hydrogen (secondary N) is 1. The summed E-state index contributed by atoms with van der Waals surface area (Å²) in [4.78, 5) is 13.6. The summed E-state index contributed by atoms with van der Waals surface area (Å²) in [5, 5.41) is 12.6. The van der Waals surface area contributed by atoms with Gasteiger partial charge in [0.05, 0.1) is 0 Å². The number of rotatable bonds is 5. The van der Waals surface area contributed by atoms with Gasteiger partial charge in [0.1, 0.15) is 6.04 Å². The lowest BCUT2D eigenvalue weighted by Crippen LogP contribution is -2.48. The topological polar surface area (TPSA) is 52.6 Å². The minimum absolute atomic E-state index is 0.415.